The third-order valence-electron chi connectivity index (χ3n) is 4.44. The Morgan fingerprint density at radius 2 is 1.70 bits per heavy atom. The molecule has 1 aliphatic heterocycles. The van der Waals surface area contributed by atoms with Gasteiger partial charge in [-0.3, -0.25) is 9.52 Å². The Labute approximate surface area is 175 Å². The van der Waals surface area contributed by atoms with E-state index in [1.807, 2.05) is 0 Å². The number of nitrogens with zero attached hydrogens (tertiary/aromatic N) is 1. The van der Waals surface area contributed by atoms with Gasteiger partial charge in [0.15, 0.2) is 0 Å². The molecule has 10 nitrogen and oxygen atoms in total. The molecular weight excluding hydrogens is 432 g/mol. The van der Waals surface area contributed by atoms with Crippen LogP contribution in [0.2, 0.25) is 0 Å². The monoisotopic (exact) mass is 454 g/mol. The van der Waals surface area contributed by atoms with E-state index in [1.165, 1.54) is 34.6 Å². The second kappa shape index (κ2) is 8.70. The van der Waals surface area contributed by atoms with E-state index in [9.17, 15) is 21.6 Å². The van der Waals surface area contributed by atoms with Gasteiger partial charge in [0.2, 0.25) is 10.0 Å². The molecule has 162 valence electrons. The molecular formula is C18H22N4O6S2. The summed E-state index contributed by atoms with van der Waals surface area (Å²) in [5, 5.41) is 7.59. The number of morpholine rings is 1. The van der Waals surface area contributed by atoms with E-state index >= 15 is 0 Å². The number of nitrogens with one attached hydrogen (secondary N) is 2. The summed E-state index contributed by atoms with van der Waals surface area (Å²) in [7, 11) is -7.71. The summed E-state index contributed by atoms with van der Waals surface area (Å²) in [5.41, 5.74) is 1.27. The topological polar surface area (TPSA) is 148 Å². The van der Waals surface area contributed by atoms with Crippen LogP contribution in [0, 0.1) is 6.92 Å². The van der Waals surface area contributed by atoms with Gasteiger partial charge in [-0.25, -0.2) is 13.6 Å². The molecule has 0 unspecified atom stereocenters. The number of anilines is 2. The van der Waals surface area contributed by atoms with Gasteiger partial charge in [-0.2, -0.15) is 12.7 Å². The molecule has 0 spiro atoms. The summed E-state index contributed by atoms with van der Waals surface area (Å²) in [6.07, 6.45) is 0. The van der Waals surface area contributed by atoms with Gasteiger partial charge >= 0.3 is 0 Å². The van der Waals surface area contributed by atoms with Crippen LogP contribution < -0.4 is 15.2 Å². The van der Waals surface area contributed by atoms with E-state index in [2.05, 4.69) is 10.0 Å². The maximum atomic E-state index is 12.9. The van der Waals surface area contributed by atoms with Crippen LogP contribution in [-0.2, 0) is 25.0 Å². The molecule has 0 saturated carbocycles. The lowest BCUT2D eigenvalue weighted by atomic mass is 10.1. The predicted octanol–water partition coefficient (Wildman–Crippen LogP) is 0.884. The van der Waals surface area contributed by atoms with Crippen molar-refractivity contribution in [3.05, 3.63) is 53.6 Å². The van der Waals surface area contributed by atoms with Gasteiger partial charge in [-0.05, 0) is 42.8 Å². The summed E-state index contributed by atoms with van der Waals surface area (Å²) >= 11 is 0. The first kappa shape index (κ1) is 22.2. The van der Waals surface area contributed by atoms with Crippen molar-refractivity contribution in [3.63, 3.8) is 0 Å². The average molecular weight is 455 g/mol. The van der Waals surface area contributed by atoms with Gasteiger partial charge in [-0.15, -0.1) is 0 Å². The Kier molecular flexibility index (Phi) is 6.43. The summed E-state index contributed by atoms with van der Waals surface area (Å²) in [5.74, 6) is -0.528. The number of rotatable bonds is 6. The average Bonchev–Trinajstić information content (AvgIpc) is 2.67. The fraction of sp³-hybridized carbons (Fsp3) is 0.278. The summed E-state index contributed by atoms with van der Waals surface area (Å²) in [4.78, 5) is 12.8. The van der Waals surface area contributed by atoms with Crippen LogP contribution in [0.4, 0.5) is 11.4 Å². The van der Waals surface area contributed by atoms with Crippen molar-refractivity contribution >= 4 is 37.5 Å². The van der Waals surface area contributed by atoms with Crippen molar-refractivity contribution < 1.29 is 26.4 Å². The number of ether oxygens (including phenoxy) is 1. The summed E-state index contributed by atoms with van der Waals surface area (Å²) in [6.45, 7) is 2.84. The van der Waals surface area contributed by atoms with Gasteiger partial charge < -0.3 is 10.1 Å². The normalized spacial score (nSPS) is 15.5. The lowest BCUT2D eigenvalue weighted by molar-refractivity contribution is 0.0730. The first-order valence-electron chi connectivity index (χ1n) is 8.97. The number of carbonyl (C=O) groups excluding carboxylic acids is 1. The predicted molar refractivity (Wildman–Crippen MR) is 112 cm³/mol. The Morgan fingerprint density at radius 3 is 2.37 bits per heavy atom. The van der Waals surface area contributed by atoms with Crippen molar-refractivity contribution in [1.82, 2.24) is 4.31 Å². The number of hydrogen-bond donors (Lipinski definition) is 3. The highest BCUT2D eigenvalue weighted by atomic mass is 32.2. The van der Waals surface area contributed by atoms with Gasteiger partial charge in [-0.1, -0.05) is 12.1 Å². The molecule has 0 atom stereocenters. The van der Waals surface area contributed by atoms with Gasteiger partial charge in [0.1, 0.15) is 0 Å². The van der Waals surface area contributed by atoms with Crippen molar-refractivity contribution in [1.29, 1.82) is 0 Å². The van der Waals surface area contributed by atoms with Gasteiger partial charge in [0, 0.05) is 24.3 Å². The number of benzene rings is 2. The van der Waals surface area contributed by atoms with Crippen LogP contribution in [0.5, 0.6) is 0 Å². The SMILES string of the molecule is Cc1ccc(S(=O)(=O)N2CCOCC2)cc1C(=O)Nc1cccc(NS(N)(=O)=O)c1. The molecule has 2 aromatic rings. The maximum absolute atomic E-state index is 12.9. The molecule has 4 N–H and O–H groups in total. The highest BCUT2D eigenvalue weighted by Gasteiger charge is 2.27. The van der Waals surface area contributed by atoms with Crippen LogP contribution in [0.1, 0.15) is 15.9 Å². The van der Waals surface area contributed by atoms with Crippen molar-refractivity contribution in [2.45, 2.75) is 11.8 Å². The summed E-state index contributed by atoms with van der Waals surface area (Å²) in [6, 6.07) is 10.3. The Morgan fingerprint density at radius 1 is 1.03 bits per heavy atom. The quantitative estimate of drug-likeness (QED) is 0.590. The number of nitrogens with two attached hydrogens (primary N) is 1. The first-order chi connectivity index (χ1) is 14.1. The van der Waals surface area contributed by atoms with Crippen LogP contribution in [0.3, 0.4) is 0 Å². The van der Waals surface area contributed by atoms with Crippen LogP contribution in [-0.4, -0.2) is 53.4 Å². The molecule has 0 radical (unpaired) electrons. The molecule has 1 saturated heterocycles. The van der Waals surface area contributed by atoms with Crippen molar-refractivity contribution in [3.8, 4) is 0 Å². The Hall–Kier alpha value is -2.51. The lowest BCUT2D eigenvalue weighted by Crippen LogP contribution is -2.40. The zero-order chi connectivity index (χ0) is 21.9. The van der Waals surface area contributed by atoms with E-state index in [4.69, 9.17) is 9.88 Å². The minimum absolute atomic E-state index is 0.0183. The molecule has 30 heavy (non-hydrogen) atoms. The molecule has 0 bridgehead atoms. The van der Waals surface area contributed by atoms with Crippen molar-refractivity contribution in [2.75, 3.05) is 36.3 Å². The number of aryl methyl sites for hydroxylation is 1. The molecule has 0 aromatic heterocycles. The maximum Gasteiger partial charge on any atom is 0.296 e. The summed E-state index contributed by atoms with van der Waals surface area (Å²) < 4.78 is 56.7. The molecule has 2 aromatic carbocycles. The van der Waals surface area contributed by atoms with Gasteiger partial charge in [0.05, 0.1) is 23.8 Å². The molecule has 1 heterocycles. The minimum atomic E-state index is -3.96. The van der Waals surface area contributed by atoms with Crippen LogP contribution >= 0.6 is 0 Å². The van der Waals surface area contributed by atoms with Crippen LogP contribution in [0.25, 0.3) is 0 Å². The number of sulfonamides is 1. The first-order valence-corrected chi connectivity index (χ1v) is 12.0. The molecule has 12 heteroatoms. The fourth-order valence-corrected chi connectivity index (χ4v) is 4.86. The fourth-order valence-electron chi connectivity index (χ4n) is 2.97. The smallest absolute Gasteiger partial charge is 0.296 e. The number of carbonyl (C=O) groups is 1. The highest BCUT2D eigenvalue weighted by Crippen LogP contribution is 2.22. The lowest BCUT2D eigenvalue weighted by Gasteiger charge is -2.26. The molecule has 1 fully saturated rings. The third-order valence-corrected chi connectivity index (χ3v) is 6.86. The van der Waals surface area contributed by atoms with Crippen molar-refractivity contribution in [2.24, 2.45) is 5.14 Å². The molecule has 1 amide bonds. The largest absolute Gasteiger partial charge is 0.379 e. The Bertz CT molecular complexity index is 1160. The second-order valence-corrected chi connectivity index (χ2v) is 9.91. The second-order valence-electron chi connectivity index (χ2n) is 6.68. The van der Waals surface area contributed by atoms with E-state index < -0.39 is 26.1 Å². The zero-order valence-electron chi connectivity index (χ0n) is 16.2. The van der Waals surface area contributed by atoms with E-state index in [0.29, 0.717) is 24.5 Å². The molecule has 0 aliphatic carbocycles. The van der Waals surface area contributed by atoms with Gasteiger partial charge in [0.25, 0.3) is 16.1 Å². The molecule has 3 rings (SSSR count). The van der Waals surface area contributed by atoms with E-state index in [1.54, 1.807) is 19.1 Å². The molecule has 1 aliphatic rings. The Balaban J connectivity index is 1.85. The zero-order valence-corrected chi connectivity index (χ0v) is 17.8. The minimum Gasteiger partial charge on any atom is -0.379 e. The highest BCUT2D eigenvalue weighted by molar-refractivity contribution is 7.90. The third kappa shape index (κ3) is 5.34. The van der Waals surface area contributed by atoms with Crippen LogP contribution in [0.15, 0.2) is 47.4 Å². The standard InChI is InChI=1S/C18H22N4O6S2/c1-13-5-6-16(29(24,25)22-7-9-28-10-8-22)12-17(13)18(23)20-14-3-2-4-15(11-14)21-30(19,26)27/h2-6,11-12,21H,7-10H2,1H3,(H,20,23)(H2,19,26,27). The van der Waals surface area contributed by atoms with E-state index in [-0.39, 0.29) is 29.2 Å². The van der Waals surface area contributed by atoms with E-state index in [0.717, 1.165) is 0 Å². The number of amides is 1. The number of hydrogen-bond acceptors (Lipinski definition) is 6.